The number of nitrogen functional groups attached to an aromatic ring is 1. The summed E-state index contributed by atoms with van der Waals surface area (Å²) < 4.78 is 0. The van der Waals surface area contributed by atoms with Crippen molar-refractivity contribution in [3.8, 4) is 6.07 Å². The van der Waals surface area contributed by atoms with Gasteiger partial charge in [-0.1, -0.05) is 6.92 Å². The van der Waals surface area contributed by atoms with E-state index in [0.29, 0.717) is 18.3 Å². The molecule has 0 radical (unpaired) electrons. The molecule has 0 bridgehead atoms. The van der Waals surface area contributed by atoms with E-state index in [-0.39, 0.29) is 17.9 Å². The first-order valence-electron chi connectivity index (χ1n) is 6.71. The van der Waals surface area contributed by atoms with Crippen LogP contribution in [-0.4, -0.2) is 47.0 Å². The van der Waals surface area contributed by atoms with E-state index in [1.807, 2.05) is 27.9 Å². The lowest BCUT2D eigenvalue weighted by Crippen LogP contribution is -2.32. The van der Waals surface area contributed by atoms with E-state index in [2.05, 4.69) is 32.8 Å². The Morgan fingerprint density at radius 3 is 2.40 bits per heavy atom. The fourth-order valence-electron chi connectivity index (χ4n) is 1.90. The highest BCUT2D eigenvalue weighted by atomic mass is 15.3. The Labute approximate surface area is 120 Å². The summed E-state index contributed by atoms with van der Waals surface area (Å²) in [7, 11) is 3.72. The number of hydrogen-bond acceptors (Lipinski definition) is 7. The predicted molar refractivity (Wildman–Crippen MR) is 79.0 cm³/mol. The summed E-state index contributed by atoms with van der Waals surface area (Å²) in [6.07, 6.45) is 0. The smallest absolute Gasteiger partial charge is 0.229 e. The molecule has 0 unspecified atom stereocenters. The van der Waals surface area contributed by atoms with Gasteiger partial charge in [-0.2, -0.15) is 20.2 Å². The van der Waals surface area contributed by atoms with Crippen LogP contribution in [0, 0.1) is 17.2 Å². The predicted octanol–water partition coefficient (Wildman–Crippen LogP) is 1.06. The summed E-state index contributed by atoms with van der Waals surface area (Å²) >= 11 is 0. The van der Waals surface area contributed by atoms with E-state index >= 15 is 0 Å². The highest BCUT2D eigenvalue weighted by Gasteiger charge is 2.20. The maximum Gasteiger partial charge on any atom is 0.229 e. The Balaban J connectivity index is 3.00. The number of nitriles is 1. The van der Waals surface area contributed by atoms with E-state index < -0.39 is 0 Å². The summed E-state index contributed by atoms with van der Waals surface area (Å²) in [6.45, 7) is 7.47. The highest BCUT2D eigenvalue weighted by Crippen LogP contribution is 2.19. The quantitative estimate of drug-likeness (QED) is 0.830. The van der Waals surface area contributed by atoms with Gasteiger partial charge in [0.25, 0.3) is 0 Å². The highest BCUT2D eigenvalue weighted by molar-refractivity contribution is 5.33. The van der Waals surface area contributed by atoms with E-state index in [1.165, 1.54) is 0 Å². The maximum absolute atomic E-state index is 8.95. The fraction of sp³-hybridized carbons (Fsp3) is 0.692. The molecule has 7 heteroatoms. The Morgan fingerprint density at radius 2 is 1.90 bits per heavy atom. The average Bonchev–Trinajstić information content (AvgIpc) is 2.42. The normalized spacial score (nSPS) is 13.8. The molecule has 1 aromatic rings. The molecule has 1 aromatic heterocycles. The first kappa shape index (κ1) is 16.1. The summed E-state index contributed by atoms with van der Waals surface area (Å²) in [5, 5.41) is 8.95. The van der Waals surface area contributed by atoms with E-state index in [9.17, 15) is 0 Å². The molecule has 20 heavy (non-hydrogen) atoms. The van der Waals surface area contributed by atoms with Gasteiger partial charge in [0.2, 0.25) is 11.9 Å². The first-order valence-corrected chi connectivity index (χ1v) is 6.71. The van der Waals surface area contributed by atoms with E-state index in [0.717, 1.165) is 6.54 Å². The molecule has 1 rings (SSSR count). The first-order chi connectivity index (χ1) is 9.38. The fourth-order valence-corrected chi connectivity index (χ4v) is 1.90. The van der Waals surface area contributed by atoms with Crippen LogP contribution in [0.4, 0.5) is 11.9 Å². The van der Waals surface area contributed by atoms with Gasteiger partial charge in [-0.3, -0.25) is 4.90 Å². The van der Waals surface area contributed by atoms with Crippen LogP contribution in [0.25, 0.3) is 0 Å². The third kappa shape index (κ3) is 4.03. The van der Waals surface area contributed by atoms with Crippen LogP contribution >= 0.6 is 0 Å². The molecule has 0 spiro atoms. The second-order valence-electron chi connectivity index (χ2n) is 5.04. The van der Waals surface area contributed by atoms with Crippen molar-refractivity contribution < 1.29 is 0 Å². The van der Waals surface area contributed by atoms with Crippen LogP contribution in [0.1, 0.15) is 32.6 Å². The molecule has 0 saturated heterocycles. The molecule has 2 atom stereocenters. The van der Waals surface area contributed by atoms with Gasteiger partial charge in [-0.15, -0.1) is 0 Å². The largest absolute Gasteiger partial charge is 0.368 e. The molecule has 0 aromatic carbocycles. The van der Waals surface area contributed by atoms with Gasteiger partial charge < -0.3 is 10.6 Å². The minimum Gasteiger partial charge on any atom is -0.368 e. The van der Waals surface area contributed by atoms with Gasteiger partial charge in [0.05, 0.1) is 18.0 Å². The molecule has 0 aliphatic carbocycles. The summed E-state index contributed by atoms with van der Waals surface area (Å²) in [5.41, 5.74) is 5.74. The second-order valence-corrected chi connectivity index (χ2v) is 5.04. The number of hydrogen-bond donors (Lipinski definition) is 1. The number of anilines is 2. The van der Waals surface area contributed by atoms with Crippen molar-refractivity contribution in [3.63, 3.8) is 0 Å². The van der Waals surface area contributed by atoms with Crippen LogP contribution in [0.2, 0.25) is 0 Å². The Bertz CT molecular complexity index is 480. The molecule has 0 saturated carbocycles. The second kappa shape index (κ2) is 7.01. The van der Waals surface area contributed by atoms with Crippen molar-refractivity contribution in [2.75, 3.05) is 37.8 Å². The van der Waals surface area contributed by atoms with Gasteiger partial charge in [-0.25, -0.2) is 0 Å². The monoisotopic (exact) mass is 277 g/mol. The molecule has 0 aliphatic rings. The van der Waals surface area contributed by atoms with Gasteiger partial charge in [0, 0.05) is 20.6 Å². The minimum atomic E-state index is -0.0371. The van der Waals surface area contributed by atoms with Crippen molar-refractivity contribution in [1.82, 2.24) is 19.9 Å². The van der Waals surface area contributed by atoms with Crippen LogP contribution in [0.5, 0.6) is 0 Å². The number of nitrogens with two attached hydrogens (primary N) is 1. The number of aromatic nitrogens is 3. The van der Waals surface area contributed by atoms with E-state index in [4.69, 9.17) is 11.0 Å². The molecule has 0 amide bonds. The molecular weight excluding hydrogens is 254 g/mol. The molecule has 0 fully saturated rings. The SMILES string of the molecule is CCN(C[C@H](C)C#N)[C@@H](C)c1nc(N)nc(N(C)C)n1. The van der Waals surface area contributed by atoms with E-state index in [1.54, 1.807) is 4.90 Å². The van der Waals surface area contributed by atoms with Crippen LogP contribution in [0.15, 0.2) is 0 Å². The topological polar surface area (TPSA) is 95.0 Å². The average molecular weight is 277 g/mol. The van der Waals surface area contributed by atoms with Crippen LogP contribution < -0.4 is 10.6 Å². The molecule has 1 heterocycles. The Morgan fingerprint density at radius 1 is 1.25 bits per heavy atom. The third-order valence-corrected chi connectivity index (χ3v) is 3.11. The Kier molecular flexibility index (Phi) is 5.65. The van der Waals surface area contributed by atoms with Crippen molar-refractivity contribution in [2.45, 2.75) is 26.8 Å². The minimum absolute atomic E-state index is 0.0141. The lowest BCUT2D eigenvalue weighted by atomic mass is 10.1. The van der Waals surface area contributed by atoms with Crippen molar-refractivity contribution >= 4 is 11.9 Å². The lowest BCUT2D eigenvalue weighted by Gasteiger charge is -2.28. The van der Waals surface area contributed by atoms with Gasteiger partial charge in [-0.05, 0) is 20.4 Å². The zero-order valence-electron chi connectivity index (χ0n) is 12.8. The molecule has 0 aliphatic heterocycles. The van der Waals surface area contributed by atoms with Gasteiger partial charge in [0.15, 0.2) is 5.82 Å². The third-order valence-electron chi connectivity index (χ3n) is 3.11. The summed E-state index contributed by atoms with van der Waals surface area (Å²) in [4.78, 5) is 16.7. The maximum atomic E-state index is 8.95. The zero-order valence-corrected chi connectivity index (χ0v) is 12.8. The summed E-state index contributed by atoms with van der Waals surface area (Å²) in [5.74, 6) is 1.36. The molecule has 7 nitrogen and oxygen atoms in total. The van der Waals surface area contributed by atoms with Crippen molar-refractivity contribution in [2.24, 2.45) is 5.92 Å². The van der Waals surface area contributed by atoms with Gasteiger partial charge in [0.1, 0.15) is 0 Å². The molecule has 2 N–H and O–H groups in total. The molecule has 110 valence electrons. The van der Waals surface area contributed by atoms with Crippen molar-refractivity contribution in [3.05, 3.63) is 5.82 Å². The number of rotatable bonds is 6. The van der Waals surface area contributed by atoms with Crippen molar-refractivity contribution in [1.29, 1.82) is 5.26 Å². The Hall–Kier alpha value is -1.94. The molecular formula is C13H23N7. The zero-order chi connectivity index (χ0) is 15.3. The number of nitrogens with zero attached hydrogens (tertiary/aromatic N) is 6. The lowest BCUT2D eigenvalue weighted by molar-refractivity contribution is 0.199. The standard InChI is InChI=1S/C13H23N7/c1-6-20(8-9(2)7-14)10(3)11-16-12(15)18-13(17-11)19(4)5/h9-10H,6,8H2,1-5H3,(H2,15,16,17,18)/t9-,10+/m1/s1. The summed E-state index contributed by atoms with van der Waals surface area (Å²) in [6, 6.07) is 2.24. The van der Waals surface area contributed by atoms with Crippen LogP contribution in [0.3, 0.4) is 0 Å². The van der Waals surface area contributed by atoms with Gasteiger partial charge >= 0.3 is 0 Å². The van der Waals surface area contributed by atoms with Crippen LogP contribution in [-0.2, 0) is 0 Å².